The van der Waals surface area contributed by atoms with Crippen LogP contribution >= 0.6 is 11.6 Å². The van der Waals surface area contributed by atoms with Crippen LogP contribution < -0.4 is 10.2 Å². The molecule has 2 aromatic carbocycles. The van der Waals surface area contributed by atoms with Crippen molar-refractivity contribution in [1.82, 2.24) is 0 Å². The Morgan fingerprint density at radius 2 is 1.76 bits per heavy atom. The summed E-state index contributed by atoms with van der Waals surface area (Å²) in [5.74, 6) is -2.43. The summed E-state index contributed by atoms with van der Waals surface area (Å²) in [7, 11) is 1.18. The summed E-state index contributed by atoms with van der Waals surface area (Å²) in [5.41, 5.74) is -1.22. The minimum absolute atomic E-state index is 0.0573. The fourth-order valence-corrected chi connectivity index (χ4v) is 2.87. The van der Waals surface area contributed by atoms with E-state index in [1.165, 1.54) is 37.4 Å². The first-order valence-corrected chi connectivity index (χ1v) is 8.42. The van der Waals surface area contributed by atoms with Crippen molar-refractivity contribution < 1.29 is 32.3 Å². The molecule has 2 aromatic rings. The Balaban J connectivity index is 1.91. The highest BCUT2D eigenvalue weighted by Gasteiger charge is 2.39. The molecule has 29 heavy (non-hydrogen) atoms. The number of carbonyl (C=O) groups excluding carboxylic acids is 3. The third-order valence-electron chi connectivity index (χ3n) is 4.01. The van der Waals surface area contributed by atoms with Gasteiger partial charge in [0.1, 0.15) is 10.7 Å². The first-order chi connectivity index (χ1) is 13.6. The summed E-state index contributed by atoms with van der Waals surface area (Å²) in [6.45, 7) is 0. The lowest BCUT2D eigenvalue weighted by Gasteiger charge is -2.16. The molecule has 0 atom stereocenters. The van der Waals surface area contributed by atoms with Gasteiger partial charge in [0.15, 0.2) is 0 Å². The van der Waals surface area contributed by atoms with Gasteiger partial charge in [0, 0.05) is 5.69 Å². The molecule has 0 spiro atoms. The second kappa shape index (κ2) is 7.59. The predicted molar refractivity (Wildman–Crippen MR) is 98.2 cm³/mol. The van der Waals surface area contributed by atoms with Crippen molar-refractivity contribution in [1.29, 1.82) is 0 Å². The molecule has 1 heterocycles. The number of rotatable bonds is 4. The molecule has 0 aromatic heterocycles. The van der Waals surface area contributed by atoms with Crippen LogP contribution in [0.5, 0.6) is 0 Å². The second-order valence-electron chi connectivity index (χ2n) is 5.88. The quantitative estimate of drug-likeness (QED) is 0.594. The molecule has 1 aliphatic rings. The van der Waals surface area contributed by atoms with Crippen LogP contribution in [-0.4, -0.2) is 24.9 Å². The number of anilines is 2. The van der Waals surface area contributed by atoms with E-state index in [2.05, 4.69) is 10.1 Å². The van der Waals surface area contributed by atoms with E-state index >= 15 is 0 Å². The van der Waals surface area contributed by atoms with Gasteiger partial charge in [-0.3, -0.25) is 9.59 Å². The second-order valence-corrected chi connectivity index (χ2v) is 6.26. The number of nitrogens with one attached hydrogen (secondary N) is 1. The number of benzene rings is 2. The van der Waals surface area contributed by atoms with Crippen LogP contribution in [-0.2, 0) is 20.5 Å². The summed E-state index contributed by atoms with van der Waals surface area (Å²) in [5, 5.41) is 1.99. The van der Waals surface area contributed by atoms with Gasteiger partial charge >= 0.3 is 12.1 Å². The lowest BCUT2D eigenvalue weighted by Crippen LogP contribution is -2.32. The topological polar surface area (TPSA) is 75.7 Å². The molecule has 0 saturated heterocycles. The number of hydrogen-bond donors (Lipinski definition) is 1. The minimum atomic E-state index is -4.58. The molecule has 0 radical (unpaired) electrons. The van der Waals surface area contributed by atoms with E-state index in [1.807, 2.05) is 0 Å². The van der Waals surface area contributed by atoms with Crippen molar-refractivity contribution in [3.63, 3.8) is 0 Å². The zero-order valence-corrected chi connectivity index (χ0v) is 15.5. The van der Waals surface area contributed by atoms with Crippen molar-refractivity contribution in [2.45, 2.75) is 6.18 Å². The van der Waals surface area contributed by atoms with E-state index < -0.39 is 34.6 Å². The molecule has 3 rings (SSSR count). The number of alkyl halides is 3. The van der Waals surface area contributed by atoms with Crippen molar-refractivity contribution in [2.24, 2.45) is 0 Å². The van der Waals surface area contributed by atoms with Crippen molar-refractivity contribution in [3.8, 4) is 0 Å². The van der Waals surface area contributed by atoms with E-state index in [0.29, 0.717) is 4.90 Å². The Bertz CT molecular complexity index is 1050. The summed E-state index contributed by atoms with van der Waals surface area (Å²) < 4.78 is 43.2. The van der Waals surface area contributed by atoms with Gasteiger partial charge in [0.05, 0.1) is 23.9 Å². The molecule has 0 bridgehead atoms. The molecule has 2 amide bonds. The van der Waals surface area contributed by atoms with Gasteiger partial charge in [-0.2, -0.15) is 13.2 Å². The molecule has 6 nitrogen and oxygen atoms in total. The van der Waals surface area contributed by atoms with Gasteiger partial charge in [-0.25, -0.2) is 9.69 Å². The van der Waals surface area contributed by atoms with Gasteiger partial charge < -0.3 is 10.1 Å². The molecule has 1 N–H and O–H groups in total. The zero-order valence-electron chi connectivity index (χ0n) is 14.7. The predicted octanol–water partition coefficient (Wildman–Crippen LogP) is 3.93. The van der Waals surface area contributed by atoms with E-state index in [0.717, 1.165) is 18.2 Å². The SMILES string of the molecule is COC(=O)c1cccc(N2C(=O)C(Cl)=C(Nc3cccc(C(F)(F)F)c3)C2=O)c1. The number of ether oxygens (including phenoxy) is 1. The van der Waals surface area contributed by atoms with Crippen LogP contribution in [0.3, 0.4) is 0 Å². The normalized spacial score (nSPS) is 14.4. The van der Waals surface area contributed by atoms with Crippen LogP contribution in [0.4, 0.5) is 24.5 Å². The van der Waals surface area contributed by atoms with E-state index in [4.69, 9.17) is 11.6 Å². The average Bonchev–Trinajstić information content (AvgIpc) is 2.90. The van der Waals surface area contributed by atoms with E-state index in [-0.39, 0.29) is 22.6 Å². The average molecular weight is 425 g/mol. The zero-order chi connectivity index (χ0) is 21.3. The third-order valence-corrected chi connectivity index (χ3v) is 4.36. The van der Waals surface area contributed by atoms with Crippen molar-refractivity contribution in [2.75, 3.05) is 17.3 Å². The van der Waals surface area contributed by atoms with E-state index in [9.17, 15) is 27.6 Å². The maximum atomic E-state index is 12.9. The highest BCUT2D eigenvalue weighted by atomic mass is 35.5. The standard InChI is InChI=1S/C19H12ClF3N2O4/c1-29-18(28)10-4-2-7-13(8-10)25-16(26)14(20)15(17(25)27)24-12-6-3-5-11(9-12)19(21,22)23/h2-9,24H,1H3. The Hall–Kier alpha value is -3.33. The van der Waals surface area contributed by atoms with Crippen LogP contribution in [0.15, 0.2) is 59.3 Å². The number of carbonyl (C=O) groups is 3. The number of amides is 2. The number of hydrogen-bond acceptors (Lipinski definition) is 5. The van der Waals surface area contributed by atoms with Crippen molar-refractivity contribution in [3.05, 3.63) is 70.4 Å². The third kappa shape index (κ3) is 3.95. The highest BCUT2D eigenvalue weighted by Crippen LogP contribution is 2.33. The fourth-order valence-electron chi connectivity index (χ4n) is 2.65. The number of esters is 1. The van der Waals surface area contributed by atoms with Gasteiger partial charge in [-0.1, -0.05) is 23.7 Å². The maximum absolute atomic E-state index is 12.9. The van der Waals surface area contributed by atoms with E-state index in [1.54, 1.807) is 0 Å². The number of imide groups is 1. The molecule has 150 valence electrons. The molecular formula is C19H12ClF3N2O4. The summed E-state index contributed by atoms with van der Waals surface area (Å²) in [6.07, 6.45) is -4.58. The number of nitrogens with zero attached hydrogens (tertiary/aromatic N) is 1. The Morgan fingerprint density at radius 3 is 2.41 bits per heavy atom. The van der Waals surface area contributed by atoms with Gasteiger partial charge in [0.25, 0.3) is 11.8 Å². The Kier molecular flexibility index (Phi) is 5.34. The largest absolute Gasteiger partial charge is 0.465 e. The monoisotopic (exact) mass is 424 g/mol. The molecule has 0 saturated carbocycles. The number of halogens is 4. The highest BCUT2D eigenvalue weighted by molar-refractivity contribution is 6.53. The minimum Gasteiger partial charge on any atom is -0.465 e. The Morgan fingerprint density at radius 1 is 1.07 bits per heavy atom. The van der Waals surface area contributed by atoms with Crippen molar-refractivity contribution >= 4 is 40.8 Å². The van der Waals surface area contributed by atoms with Crippen LogP contribution in [0, 0.1) is 0 Å². The first-order valence-electron chi connectivity index (χ1n) is 8.04. The van der Waals surface area contributed by atoms with Crippen LogP contribution in [0.2, 0.25) is 0 Å². The summed E-state index contributed by atoms with van der Waals surface area (Å²) in [6, 6.07) is 9.64. The van der Waals surface area contributed by atoms with Gasteiger partial charge in [0.2, 0.25) is 0 Å². The lowest BCUT2D eigenvalue weighted by molar-refractivity contribution is -0.137. The van der Waals surface area contributed by atoms with Crippen LogP contribution in [0.25, 0.3) is 0 Å². The Labute approximate surface area is 167 Å². The smallest absolute Gasteiger partial charge is 0.416 e. The molecule has 0 unspecified atom stereocenters. The first kappa shape index (κ1) is 20.4. The summed E-state index contributed by atoms with van der Waals surface area (Å²) >= 11 is 5.97. The van der Waals surface area contributed by atoms with Crippen LogP contribution in [0.1, 0.15) is 15.9 Å². The lowest BCUT2D eigenvalue weighted by atomic mass is 10.2. The molecule has 0 aliphatic carbocycles. The molecule has 0 fully saturated rings. The molecular weight excluding hydrogens is 413 g/mol. The number of methoxy groups -OCH3 is 1. The summed E-state index contributed by atoms with van der Waals surface area (Å²) in [4.78, 5) is 37.6. The maximum Gasteiger partial charge on any atom is 0.416 e. The molecule has 1 aliphatic heterocycles. The molecule has 10 heteroatoms. The fraction of sp³-hybridized carbons (Fsp3) is 0.105. The van der Waals surface area contributed by atoms with Gasteiger partial charge in [-0.15, -0.1) is 0 Å². The van der Waals surface area contributed by atoms with Gasteiger partial charge in [-0.05, 0) is 36.4 Å².